The van der Waals surface area contributed by atoms with Gasteiger partial charge in [-0.2, -0.15) is 30.4 Å². The highest BCUT2D eigenvalue weighted by atomic mass is 32.2. The Bertz CT molecular complexity index is 3290. The van der Waals surface area contributed by atoms with Crippen LogP contribution in [0.2, 0.25) is 0 Å². The van der Waals surface area contributed by atoms with Crippen LogP contribution in [0.25, 0.3) is 16.5 Å². The Morgan fingerprint density at radius 2 is 1.21 bits per heavy atom. The van der Waals surface area contributed by atoms with E-state index in [-0.39, 0.29) is 56.5 Å². The molecule has 27 heteroatoms. The van der Waals surface area contributed by atoms with Gasteiger partial charge < -0.3 is 24.4 Å². The Balaban J connectivity index is 1.36. The van der Waals surface area contributed by atoms with E-state index >= 15 is 0 Å². The maximum Gasteiger partial charge on any atom is 0.356 e. The number of ether oxygens (including phenoxy) is 3. The number of benzene rings is 5. The van der Waals surface area contributed by atoms with Crippen LogP contribution in [0.5, 0.6) is 23.0 Å². The topological polar surface area (TPSA) is 360 Å². The highest BCUT2D eigenvalue weighted by molar-refractivity contribution is 7.86. The Labute approximate surface area is 348 Å². The normalized spacial score (nSPS) is 12.5. The van der Waals surface area contributed by atoms with Crippen LogP contribution in [0.1, 0.15) is 10.5 Å². The Morgan fingerprint density at radius 3 is 1.76 bits per heavy atom. The summed E-state index contributed by atoms with van der Waals surface area (Å²) in [5, 5.41) is 46.7. The standard InChI is InChI=1S/C35H28N8O16S3/c1-57-20-7-11-23(28(14-20)61(51,52)53)37-38-24-15-27(59-3)25(16-26(24)58-2)39-40-30-29(62(54,55)56)13-17-12-18(4-10-22(17)33(30)44)36-41-31-32(35(46)47)42-43(34(31)45)19-5-8-21(9-6-19)60(48,49)50/h4-16,42,44H,1-3H3,(H,46,47)(H,48,49,50)(H,51,52,53)(H,54,55,56). The number of nitrogens with one attached hydrogen (secondary N) is 1. The van der Waals surface area contributed by atoms with Crippen molar-refractivity contribution in [2.75, 3.05) is 21.3 Å². The van der Waals surface area contributed by atoms with E-state index in [2.05, 4.69) is 35.8 Å². The number of H-pyrrole nitrogens is 1. The van der Waals surface area contributed by atoms with Gasteiger partial charge in [0.15, 0.2) is 17.1 Å². The highest BCUT2D eigenvalue weighted by Crippen LogP contribution is 2.45. The zero-order valence-electron chi connectivity index (χ0n) is 31.6. The van der Waals surface area contributed by atoms with Gasteiger partial charge in [0.25, 0.3) is 35.9 Å². The lowest BCUT2D eigenvalue weighted by molar-refractivity contribution is 0.0690. The number of aromatic hydroxyl groups is 1. The van der Waals surface area contributed by atoms with Crippen molar-refractivity contribution in [3.63, 3.8) is 0 Å². The first-order chi connectivity index (χ1) is 29.1. The number of azo groups is 3. The number of carboxylic acids is 1. The molecule has 0 spiro atoms. The van der Waals surface area contributed by atoms with Crippen LogP contribution in [0.15, 0.2) is 129 Å². The van der Waals surface area contributed by atoms with Crippen LogP contribution in [-0.4, -0.2) is 86.2 Å². The average molecular weight is 913 g/mol. The van der Waals surface area contributed by atoms with Gasteiger partial charge in [0.1, 0.15) is 49.8 Å². The monoisotopic (exact) mass is 912 g/mol. The SMILES string of the molecule is COc1ccc(N=Nc2cc(OC)c(N=Nc3c(S(=O)(=O)O)cc4cc(N=Nc5c(C(=O)O)[nH]n(-c6ccc(S(=O)(=O)O)cc6)c5=O)ccc4c3O)cc2OC)c(S(=O)(=O)O)c1. The third-order valence-electron chi connectivity index (χ3n) is 8.50. The first-order valence-corrected chi connectivity index (χ1v) is 21.1. The van der Waals surface area contributed by atoms with Crippen LogP contribution in [0, 0.1) is 0 Å². The molecule has 0 fully saturated rings. The molecule has 6 N–H and O–H groups in total. The van der Waals surface area contributed by atoms with E-state index in [0.717, 1.165) is 41.1 Å². The fraction of sp³-hybridized carbons (Fsp3) is 0.0857. The van der Waals surface area contributed by atoms with E-state index in [1.807, 2.05) is 0 Å². The van der Waals surface area contributed by atoms with Crippen LogP contribution in [0.3, 0.4) is 0 Å². The summed E-state index contributed by atoms with van der Waals surface area (Å²) in [7, 11) is -10.7. The first-order valence-electron chi connectivity index (χ1n) is 16.7. The molecule has 6 rings (SSSR count). The van der Waals surface area contributed by atoms with Crippen molar-refractivity contribution in [3.8, 4) is 28.7 Å². The number of aromatic amines is 1. The second-order valence-electron chi connectivity index (χ2n) is 12.3. The number of methoxy groups -OCH3 is 3. The molecule has 1 aromatic heterocycles. The fourth-order valence-corrected chi connectivity index (χ4v) is 7.34. The van der Waals surface area contributed by atoms with Crippen molar-refractivity contribution in [1.82, 2.24) is 9.78 Å². The number of fused-ring (bicyclic) bond motifs is 1. The van der Waals surface area contributed by atoms with Gasteiger partial charge in [-0.1, -0.05) is 0 Å². The van der Waals surface area contributed by atoms with Crippen molar-refractivity contribution < 1.29 is 68.1 Å². The van der Waals surface area contributed by atoms with Gasteiger partial charge in [-0.3, -0.25) is 23.6 Å². The lowest BCUT2D eigenvalue weighted by Gasteiger charge is -2.11. The lowest BCUT2D eigenvalue weighted by Crippen LogP contribution is -2.14. The number of nitrogens with zero attached hydrogens (tertiary/aromatic N) is 7. The molecule has 1 heterocycles. The Hall–Kier alpha value is -7.43. The van der Waals surface area contributed by atoms with E-state index < -0.39 is 79.4 Å². The molecule has 0 radical (unpaired) electrons. The molecule has 6 aromatic rings. The quantitative estimate of drug-likeness (QED) is 0.0487. The van der Waals surface area contributed by atoms with Crippen molar-refractivity contribution in [2.45, 2.75) is 14.7 Å². The summed E-state index contributed by atoms with van der Waals surface area (Å²) < 4.78 is 117. The lowest BCUT2D eigenvalue weighted by atomic mass is 10.1. The number of phenolic OH excluding ortho intramolecular Hbond substituents is 1. The fourth-order valence-electron chi connectivity index (χ4n) is 5.57. The molecule has 24 nitrogen and oxygen atoms in total. The average Bonchev–Trinajstić information content (AvgIpc) is 3.56. The van der Waals surface area contributed by atoms with Crippen molar-refractivity contribution in [3.05, 3.63) is 94.9 Å². The summed E-state index contributed by atoms with van der Waals surface area (Å²) >= 11 is 0. The number of carbonyl (C=O) groups is 1. The molecule has 0 aliphatic heterocycles. The first kappa shape index (κ1) is 44.1. The van der Waals surface area contributed by atoms with Crippen LogP contribution >= 0.6 is 0 Å². The molecule has 0 amide bonds. The molecule has 0 unspecified atom stereocenters. The van der Waals surface area contributed by atoms with Crippen molar-refractivity contribution in [2.24, 2.45) is 30.7 Å². The summed E-state index contributed by atoms with van der Waals surface area (Å²) in [6.07, 6.45) is 0. The number of rotatable bonds is 14. The van der Waals surface area contributed by atoms with Gasteiger partial charge in [0, 0.05) is 23.6 Å². The maximum atomic E-state index is 13.2. The number of phenols is 1. The van der Waals surface area contributed by atoms with Crippen LogP contribution in [0.4, 0.5) is 34.1 Å². The van der Waals surface area contributed by atoms with Gasteiger partial charge in [-0.25, -0.2) is 9.48 Å². The van der Waals surface area contributed by atoms with Gasteiger partial charge >= 0.3 is 5.97 Å². The number of hydrogen-bond acceptors (Lipinski definition) is 18. The second-order valence-corrected chi connectivity index (χ2v) is 16.5. The molecule has 62 heavy (non-hydrogen) atoms. The minimum atomic E-state index is -5.14. The predicted molar refractivity (Wildman–Crippen MR) is 213 cm³/mol. The third kappa shape index (κ3) is 9.16. The number of aromatic carboxylic acids is 1. The zero-order valence-corrected chi connectivity index (χ0v) is 34.0. The van der Waals surface area contributed by atoms with Gasteiger partial charge in [0.2, 0.25) is 0 Å². The summed E-state index contributed by atoms with van der Waals surface area (Å²) in [6.45, 7) is 0. The highest BCUT2D eigenvalue weighted by Gasteiger charge is 2.24. The number of carboxylic acid groups (broad SMARTS) is 1. The van der Waals surface area contributed by atoms with Gasteiger partial charge in [0.05, 0.1) is 37.6 Å². The molecule has 0 saturated heterocycles. The van der Waals surface area contributed by atoms with Gasteiger partial charge in [-0.05, 0) is 66.0 Å². The summed E-state index contributed by atoms with van der Waals surface area (Å²) in [4.78, 5) is 23.2. The van der Waals surface area contributed by atoms with E-state index in [1.54, 1.807) is 0 Å². The van der Waals surface area contributed by atoms with Gasteiger partial charge in [-0.15, -0.1) is 25.6 Å². The van der Waals surface area contributed by atoms with E-state index in [1.165, 1.54) is 63.8 Å². The van der Waals surface area contributed by atoms with E-state index in [9.17, 15) is 58.7 Å². The minimum absolute atomic E-state index is 0.0285. The Morgan fingerprint density at radius 1 is 0.629 bits per heavy atom. The molecular weight excluding hydrogens is 885 g/mol. The van der Waals surface area contributed by atoms with E-state index in [0.29, 0.717) is 0 Å². The van der Waals surface area contributed by atoms with E-state index in [4.69, 9.17) is 14.2 Å². The third-order valence-corrected chi connectivity index (χ3v) is 11.1. The second kappa shape index (κ2) is 16.9. The van der Waals surface area contributed by atoms with Crippen LogP contribution in [-0.2, 0) is 30.4 Å². The molecule has 322 valence electrons. The predicted octanol–water partition coefficient (Wildman–Crippen LogP) is 6.73. The Kier molecular flexibility index (Phi) is 12.0. The molecule has 0 aliphatic rings. The van der Waals surface area contributed by atoms with Crippen molar-refractivity contribution in [1.29, 1.82) is 0 Å². The maximum absolute atomic E-state index is 13.2. The molecule has 0 bridgehead atoms. The largest absolute Gasteiger partial charge is 0.505 e. The van der Waals surface area contributed by atoms with Crippen molar-refractivity contribution >= 4 is 81.2 Å². The molecular formula is C35H28N8O16S3. The molecule has 0 aliphatic carbocycles. The number of hydrogen-bond donors (Lipinski definition) is 6. The molecule has 0 saturated carbocycles. The minimum Gasteiger partial charge on any atom is -0.505 e. The summed E-state index contributed by atoms with van der Waals surface area (Å²) in [6, 6.07) is 14.9. The molecule has 0 atom stereocenters. The summed E-state index contributed by atoms with van der Waals surface area (Å²) in [5.41, 5.74) is -3.69. The molecule has 5 aromatic carbocycles. The smallest absolute Gasteiger partial charge is 0.356 e. The summed E-state index contributed by atoms with van der Waals surface area (Å²) in [5.74, 6) is -2.39. The number of aromatic nitrogens is 2. The zero-order chi connectivity index (χ0) is 45.3. The van der Waals surface area contributed by atoms with Crippen LogP contribution < -0.4 is 19.8 Å².